The van der Waals surface area contributed by atoms with Crippen molar-refractivity contribution in [2.75, 3.05) is 19.7 Å². The fourth-order valence-electron chi connectivity index (χ4n) is 3.01. The molecule has 0 aliphatic carbocycles. The lowest BCUT2D eigenvalue weighted by Gasteiger charge is -2.26. The van der Waals surface area contributed by atoms with Crippen LogP contribution in [0, 0.1) is 12.5 Å². The third kappa shape index (κ3) is 4.05. The minimum atomic E-state index is -0.283. The van der Waals surface area contributed by atoms with Gasteiger partial charge >= 0.3 is 0 Å². The molecule has 1 aromatic carbocycles. The first-order valence-corrected chi connectivity index (χ1v) is 8.70. The molecule has 2 heterocycles. The van der Waals surface area contributed by atoms with Crippen LogP contribution in [0.25, 0.3) is 4.85 Å². The molecule has 0 unspecified atom stereocenters. The maximum absolute atomic E-state index is 12.4. The topological polar surface area (TPSA) is 47.6 Å². The molecular formula is C18H17Cl2N3O2. The third-order valence-electron chi connectivity index (χ3n) is 4.23. The standard InChI is InChI=1S/C18H17Cl2N3O2/c1-21-16-3-2-7-23(18(16)24)11-13-10-22-6-8-25-17(13)12-4-5-14(19)15(20)9-12/h2-5,7,9,13,17,22H,6,8,10-11H2/t13-,17-/m0/s1. The van der Waals surface area contributed by atoms with Crippen molar-refractivity contribution in [1.29, 1.82) is 0 Å². The Morgan fingerprint density at radius 2 is 2.16 bits per heavy atom. The predicted molar refractivity (Wildman–Crippen MR) is 98.5 cm³/mol. The molecule has 1 aromatic heterocycles. The van der Waals surface area contributed by atoms with Gasteiger partial charge in [0.15, 0.2) is 0 Å². The lowest BCUT2D eigenvalue weighted by atomic mass is 9.95. The molecule has 25 heavy (non-hydrogen) atoms. The summed E-state index contributed by atoms with van der Waals surface area (Å²) in [5.41, 5.74) is 0.767. The Morgan fingerprint density at radius 3 is 2.92 bits per heavy atom. The Morgan fingerprint density at radius 1 is 1.32 bits per heavy atom. The predicted octanol–water partition coefficient (Wildman–Crippen LogP) is 3.68. The van der Waals surface area contributed by atoms with Crippen molar-refractivity contribution >= 4 is 28.9 Å². The largest absolute Gasteiger partial charge is 0.372 e. The van der Waals surface area contributed by atoms with Gasteiger partial charge in [-0.3, -0.25) is 4.79 Å². The van der Waals surface area contributed by atoms with Gasteiger partial charge in [0.05, 0.1) is 29.3 Å². The maximum atomic E-state index is 12.4. The number of hydrogen-bond acceptors (Lipinski definition) is 3. The first-order valence-electron chi connectivity index (χ1n) is 7.94. The zero-order valence-electron chi connectivity index (χ0n) is 13.4. The third-order valence-corrected chi connectivity index (χ3v) is 4.97. The number of nitrogens with one attached hydrogen (secondary N) is 1. The van der Waals surface area contributed by atoms with Crippen molar-refractivity contribution < 1.29 is 4.74 Å². The Labute approximate surface area is 156 Å². The smallest absolute Gasteiger partial charge is 0.256 e. The molecule has 1 N–H and O–H groups in total. The molecule has 1 saturated heterocycles. The Hall–Kier alpha value is -1.84. The second-order valence-electron chi connectivity index (χ2n) is 5.89. The molecule has 0 amide bonds. The molecule has 3 rings (SSSR count). The van der Waals surface area contributed by atoms with E-state index >= 15 is 0 Å². The average Bonchev–Trinajstić information content (AvgIpc) is 2.85. The normalized spacial score (nSPS) is 20.7. The van der Waals surface area contributed by atoms with Crippen LogP contribution in [0.4, 0.5) is 5.69 Å². The zero-order valence-corrected chi connectivity index (χ0v) is 14.9. The summed E-state index contributed by atoms with van der Waals surface area (Å²) < 4.78 is 7.59. The summed E-state index contributed by atoms with van der Waals surface area (Å²) in [5, 5.41) is 4.30. The van der Waals surface area contributed by atoms with Crippen molar-refractivity contribution in [3.05, 3.63) is 73.9 Å². The van der Waals surface area contributed by atoms with E-state index in [-0.39, 0.29) is 23.3 Å². The number of rotatable bonds is 3. The van der Waals surface area contributed by atoms with Gasteiger partial charge in [0.25, 0.3) is 11.2 Å². The van der Waals surface area contributed by atoms with E-state index in [0.29, 0.717) is 29.7 Å². The zero-order chi connectivity index (χ0) is 17.8. The fraction of sp³-hybridized carbons (Fsp3) is 0.333. The quantitative estimate of drug-likeness (QED) is 0.829. The molecule has 5 nitrogen and oxygen atoms in total. The van der Waals surface area contributed by atoms with Crippen LogP contribution < -0.4 is 10.9 Å². The second kappa shape index (κ2) is 8.03. The van der Waals surface area contributed by atoms with E-state index < -0.39 is 0 Å². The summed E-state index contributed by atoms with van der Waals surface area (Å²) in [7, 11) is 0. The summed E-state index contributed by atoms with van der Waals surface area (Å²) in [6.45, 7) is 9.55. The van der Waals surface area contributed by atoms with Gasteiger partial charge in [0, 0.05) is 31.7 Å². The SMILES string of the molecule is [C-]#[N+]c1cccn(C[C@@H]2CNCCO[C@H]2c2ccc(Cl)c(Cl)c2)c1=O. The van der Waals surface area contributed by atoms with Crippen molar-refractivity contribution in [3.63, 3.8) is 0 Å². The molecule has 1 fully saturated rings. The Balaban J connectivity index is 1.92. The highest BCUT2D eigenvalue weighted by atomic mass is 35.5. The van der Waals surface area contributed by atoms with Gasteiger partial charge in [-0.05, 0) is 23.8 Å². The summed E-state index contributed by atoms with van der Waals surface area (Å²) in [4.78, 5) is 15.6. The van der Waals surface area contributed by atoms with Crippen LogP contribution in [0.15, 0.2) is 41.3 Å². The average molecular weight is 378 g/mol. The number of pyridine rings is 1. The van der Waals surface area contributed by atoms with Crippen molar-refractivity contribution in [2.45, 2.75) is 12.6 Å². The van der Waals surface area contributed by atoms with Crippen molar-refractivity contribution in [3.8, 4) is 0 Å². The van der Waals surface area contributed by atoms with Gasteiger partial charge in [0.1, 0.15) is 0 Å². The van der Waals surface area contributed by atoms with Crippen LogP contribution in [0.5, 0.6) is 0 Å². The van der Waals surface area contributed by atoms with Crippen molar-refractivity contribution in [1.82, 2.24) is 9.88 Å². The Bertz CT molecular complexity index is 860. The molecule has 0 bridgehead atoms. The summed E-state index contributed by atoms with van der Waals surface area (Å²) in [6, 6.07) is 8.71. The number of aromatic nitrogens is 1. The van der Waals surface area contributed by atoms with E-state index in [9.17, 15) is 4.79 Å². The fourth-order valence-corrected chi connectivity index (χ4v) is 3.32. The molecule has 2 aromatic rings. The lowest BCUT2D eigenvalue weighted by Crippen LogP contribution is -2.31. The van der Waals surface area contributed by atoms with E-state index in [0.717, 1.165) is 12.1 Å². The van der Waals surface area contributed by atoms with E-state index in [1.165, 1.54) is 6.07 Å². The molecule has 2 atom stereocenters. The molecule has 1 aliphatic rings. The first-order chi connectivity index (χ1) is 12.1. The highest BCUT2D eigenvalue weighted by molar-refractivity contribution is 6.42. The lowest BCUT2D eigenvalue weighted by molar-refractivity contribution is 0.0251. The van der Waals surface area contributed by atoms with Crippen LogP contribution in [0.1, 0.15) is 11.7 Å². The van der Waals surface area contributed by atoms with Gasteiger partial charge < -0.3 is 14.6 Å². The monoisotopic (exact) mass is 377 g/mol. The number of benzene rings is 1. The number of hydrogen-bond donors (Lipinski definition) is 1. The maximum Gasteiger partial charge on any atom is 0.256 e. The molecule has 0 spiro atoms. The number of ether oxygens (including phenoxy) is 1. The van der Waals surface area contributed by atoms with Crippen LogP contribution in [-0.4, -0.2) is 24.3 Å². The first kappa shape index (κ1) is 18.0. The van der Waals surface area contributed by atoms with Crippen molar-refractivity contribution in [2.24, 2.45) is 5.92 Å². The highest BCUT2D eigenvalue weighted by Crippen LogP contribution is 2.32. The Kier molecular flexibility index (Phi) is 5.77. The minimum absolute atomic E-state index is 0.0124. The van der Waals surface area contributed by atoms with E-state index in [1.54, 1.807) is 22.9 Å². The second-order valence-corrected chi connectivity index (χ2v) is 6.71. The van der Waals surface area contributed by atoms with Crippen LogP contribution in [0.3, 0.4) is 0 Å². The molecule has 0 saturated carbocycles. The van der Waals surface area contributed by atoms with Gasteiger partial charge in [0.2, 0.25) is 0 Å². The van der Waals surface area contributed by atoms with Gasteiger partial charge in [-0.1, -0.05) is 35.3 Å². The molecule has 0 radical (unpaired) electrons. The molecule has 130 valence electrons. The van der Waals surface area contributed by atoms with Crippen LogP contribution in [0.2, 0.25) is 10.0 Å². The van der Waals surface area contributed by atoms with Gasteiger partial charge in [-0.25, -0.2) is 4.85 Å². The van der Waals surface area contributed by atoms with Gasteiger partial charge in [-0.2, -0.15) is 0 Å². The minimum Gasteiger partial charge on any atom is -0.372 e. The molecule has 7 heteroatoms. The molecular weight excluding hydrogens is 361 g/mol. The number of halogens is 2. The summed E-state index contributed by atoms with van der Waals surface area (Å²) in [5.74, 6) is 0.0124. The van der Waals surface area contributed by atoms with E-state index in [2.05, 4.69) is 10.2 Å². The van der Waals surface area contributed by atoms with Crippen LogP contribution in [-0.2, 0) is 11.3 Å². The van der Waals surface area contributed by atoms with Gasteiger partial charge in [-0.15, -0.1) is 0 Å². The van der Waals surface area contributed by atoms with E-state index in [4.69, 9.17) is 34.5 Å². The highest BCUT2D eigenvalue weighted by Gasteiger charge is 2.27. The summed E-state index contributed by atoms with van der Waals surface area (Å²) >= 11 is 12.2. The number of nitrogens with zero attached hydrogens (tertiary/aromatic N) is 2. The summed E-state index contributed by atoms with van der Waals surface area (Å²) in [6.07, 6.45) is 1.49. The molecule has 1 aliphatic heterocycles. The van der Waals surface area contributed by atoms with Crippen LogP contribution >= 0.6 is 23.2 Å². The van der Waals surface area contributed by atoms with E-state index in [1.807, 2.05) is 12.1 Å².